The van der Waals surface area contributed by atoms with Crippen LogP contribution in [0.4, 0.5) is 18.9 Å². The van der Waals surface area contributed by atoms with Gasteiger partial charge < -0.3 is 10.6 Å². The van der Waals surface area contributed by atoms with Crippen LogP contribution in [-0.4, -0.2) is 18.3 Å². The molecule has 0 heterocycles. The normalized spacial score (nSPS) is 11.7. The highest BCUT2D eigenvalue weighted by molar-refractivity contribution is 6.18. The van der Waals surface area contributed by atoms with E-state index in [1.54, 1.807) is 6.07 Å². The van der Waals surface area contributed by atoms with Gasteiger partial charge in [0.25, 0.3) is 5.91 Å². The lowest BCUT2D eigenvalue weighted by Crippen LogP contribution is -2.18. The molecule has 0 atom stereocenters. The topological polar surface area (TPSA) is 64.9 Å². The van der Waals surface area contributed by atoms with Gasteiger partial charge in [0.1, 0.15) is 11.6 Å². The van der Waals surface area contributed by atoms with Crippen LogP contribution in [0.3, 0.4) is 0 Å². The zero-order valence-electron chi connectivity index (χ0n) is 10.7. The summed E-state index contributed by atoms with van der Waals surface area (Å²) in [4.78, 5) is 11.7. The Morgan fingerprint density at radius 2 is 2.14 bits per heavy atom. The molecule has 0 saturated carbocycles. The Bertz CT molecular complexity index is 579. The lowest BCUT2D eigenvalue weighted by Gasteiger charge is -2.09. The summed E-state index contributed by atoms with van der Waals surface area (Å²) in [5, 5.41) is 13.7. The maximum absolute atomic E-state index is 12.5. The van der Waals surface area contributed by atoms with Gasteiger partial charge in [-0.15, -0.1) is 11.6 Å². The second-order valence-electron chi connectivity index (χ2n) is 3.85. The van der Waals surface area contributed by atoms with E-state index in [2.05, 4.69) is 10.6 Å². The van der Waals surface area contributed by atoms with Crippen LogP contribution in [0.25, 0.3) is 0 Å². The van der Waals surface area contributed by atoms with Gasteiger partial charge in [-0.2, -0.15) is 18.4 Å². The van der Waals surface area contributed by atoms with Crippen molar-refractivity contribution in [2.24, 2.45) is 0 Å². The molecule has 112 valence electrons. The first-order chi connectivity index (χ1) is 9.88. The summed E-state index contributed by atoms with van der Waals surface area (Å²) >= 11 is 5.42. The van der Waals surface area contributed by atoms with E-state index < -0.39 is 17.6 Å². The number of nitrogens with one attached hydrogen (secondary N) is 2. The molecule has 1 amide bonds. The molecule has 2 N–H and O–H groups in total. The van der Waals surface area contributed by atoms with Crippen LogP contribution < -0.4 is 10.6 Å². The smallest absolute Gasteiger partial charge is 0.388 e. The third-order valence-corrected chi connectivity index (χ3v) is 2.49. The van der Waals surface area contributed by atoms with Gasteiger partial charge in [0, 0.05) is 24.3 Å². The summed E-state index contributed by atoms with van der Waals surface area (Å²) < 4.78 is 37.6. The molecule has 0 aliphatic heterocycles. The number of alkyl halides is 4. The van der Waals surface area contributed by atoms with Crippen molar-refractivity contribution < 1.29 is 18.0 Å². The molecule has 0 saturated heterocycles. The van der Waals surface area contributed by atoms with Crippen LogP contribution in [-0.2, 0) is 11.0 Å². The third kappa shape index (κ3) is 5.36. The standard InChI is InChI=1S/C13H11ClF3N3O/c14-4-5-19-8-9(7-18)12(21)20-11-3-1-2-10(6-11)13(15,16)17/h1-3,6,8,19H,4-5H2,(H,20,21)/b9-8-. The Labute approximate surface area is 124 Å². The van der Waals surface area contributed by atoms with Gasteiger partial charge in [-0.25, -0.2) is 0 Å². The number of halogens is 4. The van der Waals surface area contributed by atoms with E-state index in [9.17, 15) is 18.0 Å². The Hall–Kier alpha value is -2.20. The molecule has 1 aromatic carbocycles. The monoisotopic (exact) mass is 317 g/mol. The van der Waals surface area contributed by atoms with Crippen molar-refractivity contribution in [1.29, 1.82) is 5.26 Å². The molecule has 0 spiro atoms. The number of benzene rings is 1. The highest BCUT2D eigenvalue weighted by Gasteiger charge is 2.30. The molecule has 0 aliphatic carbocycles. The quantitative estimate of drug-likeness (QED) is 0.380. The number of amides is 1. The molecule has 4 nitrogen and oxygen atoms in total. The van der Waals surface area contributed by atoms with Crippen molar-refractivity contribution in [2.45, 2.75) is 6.18 Å². The molecular weight excluding hydrogens is 307 g/mol. The number of nitrogens with zero attached hydrogens (tertiary/aromatic N) is 1. The van der Waals surface area contributed by atoms with Crippen molar-refractivity contribution in [3.8, 4) is 6.07 Å². The van der Waals surface area contributed by atoms with Crippen molar-refractivity contribution >= 4 is 23.2 Å². The average Bonchev–Trinajstić information content (AvgIpc) is 2.43. The van der Waals surface area contributed by atoms with Crippen LogP contribution >= 0.6 is 11.6 Å². The van der Waals surface area contributed by atoms with Gasteiger partial charge >= 0.3 is 6.18 Å². The van der Waals surface area contributed by atoms with E-state index in [0.717, 1.165) is 18.3 Å². The molecule has 0 fully saturated rings. The molecule has 0 radical (unpaired) electrons. The molecular formula is C13H11ClF3N3O. The zero-order valence-corrected chi connectivity index (χ0v) is 11.4. The maximum atomic E-state index is 12.5. The molecule has 0 aliphatic rings. The minimum Gasteiger partial charge on any atom is -0.388 e. The van der Waals surface area contributed by atoms with Gasteiger partial charge in [0.15, 0.2) is 0 Å². The minimum absolute atomic E-state index is 0.0479. The van der Waals surface area contributed by atoms with Crippen molar-refractivity contribution in [3.63, 3.8) is 0 Å². The second kappa shape index (κ2) is 7.55. The van der Waals surface area contributed by atoms with Crippen LogP contribution in [0.1, 0.15) is 5.56 Å². The summed E-state index contributed by atoms with van der Waals surface area (Å²) in [5.74, 6) is -0.524. The fourth-order valence-corrected chi connectivity index (χ4v) is 1.46. The Morgan fingerprint density at radius 1 is 1.43 bits per heavy atom. The third-order valence-electron chi connectivity index (χ3n) is 2.30. The first-order valence-corrected chi connectivity index (χ1v) is 6.30. The zero-order chi connectivity index (χ0) is 15.9. The lowest BCUT2D eigenvalue weighted by atomic mass is 10.2. The van der Waals surface area contributed by atoms with Gasteiger partial charge in [-0.3, -0.25) is 4.79 Å². The van der Waals surface area contributed by atoms with Gasteiger partial charge in [0.2, 0.25) is 0 Å². The fraction of sp³-hybridized carbons (Fsp3) is 0.231. The Kier molecular flexibility index (Phi) is 6.06. The highest BCUT2D eigenvalue weighted by Crippen LogP contribution is 2.30. The number of carbonyl (C=O) groups is 1. The summed E-state index contributed by atoms with van der Waals surface area (Å²) in [6.45, 7) is 0.351. The van der Waals surface area contributed by atoms with E-state index in [-0.39, 0.29) is 17.1 Å². The van der Waals surface area contributed by atoms with Crippen molar-refractivity contribution in [1.82, 2.24) is 5.32 Å². The van der Waals surface area contributed by atoms with Crippen LogP contribution in [0.15, 0.2) is 36.0 Å². The first-order valence-electron chi connectivity index (χ1n) is 5.76. The van der Waals surface area contributed by atoms with E-state index in [1.807, 2.05) is 0 Å². The highest BCUT2D eigenvalue weighted by atomic mass is 35.5. The molecule has 0 unspecified atom stereocenters. The lowest BCUT2D eigenvalue weighted by molar-refractivity contribution is -0.137. The van der Waals surface area contributed by atoms with Crippen LogP contribution in [0.2, 0.25) is 0 Å². The van der Waals surface area contributed by atoms with Gasteiger partial charge in [-0.05, 0) is 18.2 Å². The predicted octanol–water partition coefficient (Wildman–Crippen LogP) is 2.88. The SMILES string of the molecule is N#C/C(=C/NCCCl)C(=O)Nc1cccc(C(F)(F)F)c1. The molecule has 0 aromatic heterocycles. The van der Waals surface area contributed by atoms with Gasteiger partial charge in [-0.1, -0.05) is 6.07 Å². The fourth-order valence-electron chi connectivity index (χ4n) is 1.35. The molecule has 1 aromatic rings. The molecule has 1 rings (SSSR count). The van der Waals surface area contributed by atoms with Crippen LogP contribution in [0.5, 0.6) is 0 Å². The number of nitriles is 1. The summed E-state index contributed by atoms with van der Waals surface area (Å²) in [5.41, 5.74) is -1.20. The Balaban J connectivity index is 2.83. The largest absolute Gasteiger partial charge is 0.416 e. The molecule has 8 heteroatoms. The van der Waals surface area contributed by atoms with Crippen molar-refractivity contribution in [3.05, 3.63) is 41.6 Å². The summed E-state index contributed by atoms with van der Waals surface area (Å²) in [6.07, 6.45) is -3.35. The number of hydrogen-bond acceptors (Lipinski definition) is 3. The average molecular weight is 318 g/mol. The first kappa shape index (κ1) is 16.9. The number of rotatable bonds is 5. The van der Waals surface area contributed by atoms with Gasteiger partial charge in [0.05, 0.1) is 5.56 Å². The van der Waals surface area contributed by atoms with E-state index in [1.165, 1.54) is 12.1 Å². The maximum Gasteiger partial charge on any atom is 0.416 e. The number of hydrogen-bond donors (Lipinski definition) is 2. The Morgan fingerprint density at radius 3 is 2.71 bits per heavy atom. The molecule has 21 heavy (non-hydrogen) atoms. The summed E-state index contributed by atoms with van der Waals surface area (Å²) in [7, 11) is 0. The van der Waals surface area contributed by atoms with E-state index in [0.29, 0.717) is 6.54 Å². The minimum atomic E-state index is -4.50. The van der Waals surface area contributed by atoms with E-state index in [4.69, 9.17) is 16.9 Å². The number of carbonyl (C=O) groups excluding carboxylic acids is 1. The van der Waals surface area contributed by atoms with E-state index >= 15 is 0 Å². The predicted molar refractivity (Wildman–Crippen MR) is 72.5 cm³/mol. The van der Waals surface area contributed by atoms with Crippen LogP contribution in [0, 0.1) is 11.3 Å². The second-order valence-corrected chi connectivity index (χ2v) is 4.22. The summed E-state index contributed by atoms with van der Waals surface area (Å²) in [6, 6.07) is 5.79. The molecule has 0 bridgehead atoms. The number of anilines is 1. The van der Waals surface area contributed by atoms with Crippen molar-refractivity contribution in [2.75, 3.05) is 17.7 Å².